The van der Waals surface area contributed by atoms with E-state index in [2.05, 4.69) is 10.3 Å². The lowest BCUT2D eigenvalue weighted by Gasteiger charge is -2.45. The van der Waals surface area contributed by atoms with Crippen LogP contribution in [0.25, 0.3) is 5.69 Å². The lowest BCUT2D eigenvalue weighted by molar-refractivity contribution is -0.331. The average molecular weight is 740 g/mol. The van der Waals surface area contributed by atoms with Crippen molar-refractivity contribution in [3.63, 3.8) is 0 Å². The zero-order valence-corrected chi connectivity index (χ0v) is 30.8. The summed E-state index contributed by atoms with van der Waals surface area (Å²) in [5, 5.41) is 8.68. The van der Waals surface area contributed by atoms with E-state index in [9.17, 15) is 4.79 Å². The number of hydrogen-bond donors (Lipinski definition) is 0. The molecule has 1 aliphatic heterocycles. The van der Waals surface area contributed by atoms with Crippen molar-refractivity contribution in [2.75, 3.05) is 6.61 Å². The first-order valence-corrected chi connectivity index (χ1v) is 18.5. The molecule has 5 atom stereocenters. The zero-order valence-electron chi connectivity index (χ0n) is 30.8. The van der Waals surface area contributed by atoms with Crippen molar-refractivity contribution in [3.8, 4) is 5.69 Å². The van der Waals surface area contributed by atoms with Crippen molar-refractivity contribution in [2.24, 2.45) is 0 Å². The molecule has 0 spiro atoms. The quantitative estimate of drug-likeness (QED) is 0.0822. The van der Waals surface area contributed by atoms with Gasteiger partial charge in [-0.15, -0.1) is 5.10 Å². The summed E-state index contributed by atoms with van der Waals surface area (Å²) in [6, 6.07) is 47.3. The molecule has 282 valence electrons. The van der Waals surface area contributed by atoms with Crippen LogP contribution in [0.4, 0.5) is 0 Å². The van der Waals surface area contributed by atoms with Crippen molar-refractivity contribution in [1.82, 2.24) is 15.0 Å². The van der Waals surface area contributed by atoms with Gasteiger partial charge in [0.2, 0.25) is 0 Å². The Balaban J connectivity index is 1.17. The number of aromatic nitrogens is 3. The number of nitrogens with zero attached hydrogens (tertiary/aromatic N) is 3. The first-order valence-electron chi connectivity index (χ1n) is 18.5. The van der Waals surface area contributed by atoms with Crippen LogP contribution < -0.4 is 0 Å². The molecule has 0 amide bonds. The molecule has 0 N–H and O–H groups in total. The molecule has 1 aliphatic rings. The molecule has 7 rings (SSSR count). The monoisotopic (exact) mass is 739 g/mol. The number of carbonyl (C=O) groups excluding carboxylic acids is 1. The highest BCUT2D eigenvalue weighted by atomic mass is 16.7. The van der Waals surface area contributed by atoms with Gasteiger partial charge < -0.3 is 28.4 Å². The van der Waals surface area contributed by atoms with Gasteiger partial charge in [0.15, 0.2) is 12.1 Å². The first-order chi connectivity index (χ1) is 27.1. The number of Topliss-reactive ketones (excluding diaryl/α,β-unsaturated/α-hetero) is 1. The van der Waals surface area contributed by atoms with Gasteiger partial charge in [0, 0.05) is 5.56 Å². The fourth-order valence-corrected chi connectivity index (χ4v) is 6.39. The topological polar surface area (TPSA) is 103 Å². The standard InChI is InChI=1S/C45H45N3O7/c1-33(49)38-22-24-40(25-23-38)48-26-39(46-47-48)31-54-45-44(53-30-37-20-12-5-13-21-37)43(52-29-36-18-10-4-11-19-36)42(51-28-35-16-8-3-9-17-35)41(55-45)32-50-27-34-14-6-2-7-15-34/h2-26,41-45H,27-32H2,1H3/t41-,42-,43+,44-,45+/m1/s1. The summed E-state index contributed by atoms with van der Waals surface area (Å²) in [4.78, 5) is 11.8. The molecule has 2 heterocycles. The molecule has 1 fully saturated rings. The largest absolute Gasteiger partial charge is 0.374 e. The van der Waals surface area contributed by atoms with Crippen molar-refractivity contribution in [2.45, 2.75) is 70.7 Å². The molecule has 10 nitrogen and oxygen atoms in total. The summed E-state index contributed by atoms with van der Waals surface area (Å²) in [7, 11) is 0. The molecular weight excluding hydrogens is 695 g/mol. The average Bonchev–Trinajstić information content (AvgIpc) is 3.72. The van der Waals surface area contributed by atoms with E-state index in [0.29, 0.717) is 37.7 Å². The molecule has 10 heteroatoms. The molecule has 0 saturated carbocycles. The van der Waals surface area contributed by atoms with Crippen LogP contribution in [0.5, 0.6) is 0 Å². The van der Waals surface area contributed by atoms with Crippen LogP contribution in [-0.4, -0.2) is 58.1 Å². The van der Waals surface area contributed by atoms with Gasteiger partial charge in [0.1, 0.15) is 30.1 Å². The molecule has 6 aromatic rings. The van der Waals surface area contributed by atoms with Crippen LogP contribution in [0.1, 0.15) is 45.2 Å². The van der Waals surface area contributed by atoms with E-state index in [1.807, 2.05) is 133 Å². The van der Waals surface area contributed by atoms with Gasteiger partial charge in [0.05, 0.1) is 51.5 Å². The second-order valence-electron chi connectivity index (χ2n) is 13.4. The predicted octanol–water partition coefficient (Wildman–Crippen LogP) is 7.68. The third kappa shape index (κ3) is 10.7. The maximum atomic E-state index is 11.8. The van der Waals surface area contributed by atoms with E-state index in [0.717, 1.165) is 27.9 Å². The van der Waals surface area contributed by atoms with E-state index in [1.165, 1.54) is 0 Å². The van der Waals surface area contributed by atoms with Gasteiger partial charge in [-0.2, -0.15) is 0 Å². The number of benzene rings is 5. The summed E-state index contributed by atoms with van der Waals surface area (Å²) in [5.41, 5.74) is 6.06. The van der Waals surface area contributed by atoms with Gasteiger partial charge in [0.25, 0.3) is 0 Å². The van der Waals surface area contributed by atoms with Crippen molar-refractivity contribution in [3.05, 3.63) is 185 Å². The minimum Gasteiger partial charge on any atom is -0.374 e. The van der Waals surface area contributed by atoms with Crippen LogP contribution in [0.2, 0.25) is 0 Å². The van der Waals surface area contributed by atoms with Crippen LogP contribution in [0.15, 0.2) is 152 Å². The summed E-state index contributed by atoms with van der Waals surface area (Å²) < 4.78 is 41.6. The second-order valence-corrected chi connectivity index (χ2v) is 13.4. The highest BCUT2D eigenvalue weighted by molar-refractivity contribution is 5.94. The molecule has 1 aromatic heterocycles. The fraction of sp³-hybridized carbons (Fsp3) is 0.267. The third-order valence-electron chi connectivity index (χ3n) is 9.32. The van der Waals surface area contributed by atoms with Crippen LogP contribution >= 0.6 is 0 Å². The maximum Gasteiger partial charge on any atom is 0.187 e. The SMILES string of the molecule is CC(=O)c1ccc(-n2cc(CO[C@H]3O[C@H](COCc4ccccc4)[C@@H](OCc4ccccc4)[C@H](OCc4ccccc4)[C@H]3OCc3ccccc3)nn2)cc1. The normalized spacial score (nSPS) is 19.6. The van der Waals surface area contributed by atoms with Crippen molar-refractivity contribution >= 4 is 5.78 Å². The molecule has 55 heavy (non-hydrogen) atoms. The Morgan fingerprint density at radius 1 is 0.582 bits per heavy atom. The smallest absolute Gasteiger partial charge is 0.187 e. The minimum atomic E-state index is -0.883. The molecule has 1 saturated heterocycles. The van der Waals surface area contributed by atoms with Crippen LogP contribution in [0, 0.1) is 0 Å². The number of ether oxygens (including phenoxy) is 6. The fourth-order valence-electron chi connectivity index (χ4n) is 6.39. The van der Waals surface area contributed by atoms with E-state index in [4.69, 9.17) is 28.4 Å². The molecule has 5 aromatic carbocycles. The maximum absolute atomic E-state index is 11.8. The number of rotatable bonds is 18. The van der Waals surface area contributed by atoms with Crippen LogP contribution in [-0.2, 0) is 61.5 Å². The molecule has 0 bridgehead atoms. The molecular formula is C45H45N3O7. The Kier molecular flexibility index (Phi) is 13.3. The summed E-state index contributed by atoms with van der Waals surface area (Å²) in [6.45, 7) is 3.20. The van der Waals surface area contributed by atoms with Crippen molar-refractivity contribution in [1.29, 1.82) is 0 Å². The Bertz CT molecular complexity index is 2030. The minimum absolute atomic E-state index is 0.00160. The summed E-state index contributed by atoms with van der Waals surface area (Å²) in [5.74, 6) is -0.00160. The van der Waals surface area contributed by atoms with E-state index in [1.54, 1.807) is 29.9 Å². The van der Waals surface area contributed by atoms with Gasteiger partial charge >= 0.3 is 0 Å². The van der Waals surface area contributed by atoms with Gasteiger partial charge in [-0.1, -0.05) is 127 Å². The highest BCUT2D eigenvalue weighted by Gasteiger charge is 2.49. The van der Waals surface area contributed by atoms with Gasteiger partial charge in [-0.3, -0.25) is 4.79 Å². The Morgan fingerprint density at radius 3 is 1.60 bits per heavy atom. The number of ketones is 1. The molecule has 0 aliphatic carbocycles. The van der Waals surface area contributed by atoms with Crippen LogP contribution in [0.3, 0.4) is 0 Å². The van der Waals surface area contributed by atoms with Gasteiger partial charge in [-0.25, -0.2) is 4.68 Å². The Morgan fingerprint density at radius 2 is 1.07 bits per heavy atom. The Hall–Kier alpha value is -5.33. The first kappa shape index (κ1) is 38.0. The van der Waals surface area contributed by atoms with E-state index in [-0.39, 0.29) is 19.0 Å². The zero-order chi connectivity index (χ0) is 37.7. The highest BCUT2D eigenvalue weighted by Crippen LogP contribution is 2.32. The Labute approximate surface area is 321 Å². The second kappa shape index (κ2) is 19.3. The molecule has 0 unspecified atom stereocenters. The van der Waals surface area contributed by atoms with Crippen molar-refractivity contribution < 1.29 is 33.2 Å². The predicted molar refractivity (Wildman–Crippen MR) is 206 cm³/mol. The van der Waals surface area contributed by atoms with Gasteiger partial charge in [-0.05, 0) is 53.4 Å². The summed E-state index contributed by atoms with van der Waals surface area (Å²) in [6.07, 6.45) is -1.58. The molecule has 0 radical (unpaired) electrons. The third-order valence-corrected chi connectivity index (χ3v) is 9.32. The number of hydrogen-bond acceptors (Lipinski definition) is 9. The lowest BCUT2D eigenvalue weighted by atomic mass is 9.97. The lowest BCUT2D eigenvalue weighted by Crippen LogP contribution is -2.61. The summed E-state index contributed by atoms with van der Waals surface area (Å²) >= 11 is 0. The van der Waals surface area contributed by atoms with E-state index < -0.39 is 30.7 Å². The van der Waals surface area contributed by atoms with E-state index >= 15 is 0 Å². The number of carbonyl (C=O) groups is 1.